The third kappa shape index (κ3) is 4.25. The van der Waals surface area contributed by atoms with Crippen molar-refractivity contribution in [3.8, 4) is 0 Å². The number of hydrogen-bond donors (Lipinski definition) is 3. The van der Waals surface area contributed by atoms with Crippen molar-refractivity contribution in [2.24, 2.45) is 0 Å². The normalized spacial score (nSPS) is 16.9. The molecule has 1 heterocycles. The van der Waals surface area contributed by atoms with Gasteiger partial charge >= 0.3 is 11.8 Å². The third-order valence-corrected chi connectivity index (χ3v) is 3.64. The number of ether oxygens (including phenoxy) is 1. The first kappa shape index (κ1) is 16.4. The largest absolute Gasteiger partial charge is 0.388 e. The molecule has 2 amide bonds. The molecular formula is C15H19FN2O4. The van der Waals surface area contributed by atoms with Crippen molar-refractivity contribution in [3.63, 3.8) is 0 Å². The zero-order chi connectivity index (χ0) is 16.2. The minimum absolute atomic E-state index is 0.0229. The van der Waals surface area contributed by atoms with Crippen LogP contribution >= 0.6 is 0 Å². The van der Waals surface area contributed by atoms with Crippen molar-refractivity contribution >= 4 is 17.5 Å². The van der Waals surface area contributed by atoms with E-state index in [1.807, 2.05) is 0 Å². The van der Waals surface area contributed by atoms with E-state index in [1.54, 1.807) is 6.92 Å². The Bertz CT molecular complexity index is 571. The highest BCUT2D eigenvalue weighted by Crippen LogP contribution is 2.19. The van der Waals surface area contributed by atoms with Crippen LogP contribution in [0.3, 0.4) is 0 Å². The number of amides is 2. The Morgan fingerprint density at radius 3 is 2.64 bits per heavy atom. The van der Waals surface area contributed by atoms with Gasteiger partial charge in [-0.25, -0.2) is 4.39 Å². The quantitative estimate of drug-likeness (QED) is 0.718. The van der Waals surface area contributed by atoms with Crippen LogP contribution in [0.5, 0.6) is 0 Å². The van der Waals surface area contributed by atoms with Crippen LogP contribution in [-0.4, -0.2) is 42.3 Å². The van der Waals surface area contributed by atoms with E-state index >= 15 is 0 Å². The molecule has 1 aliphatic heterocycles. The zero-order valence-electron chi connectivity index (χ0n) is 12.3. The minimum atomic E-state index is -1.05. The molecular weight excluding hydrogens is 291 g/mol. The van der Waals surface area contributed by atoms with Gasteiger partial charge in [-0.05, 0) is 24.6 Å². The maximum absolute atomic E-state index is 13.4. The molecule has 120 valence electrons. The Balaban J connectivity index is 1.86. The van der Waals surface area contributed by atoms with Crippen molar-refractivity contribution in [2.75, 3.05) is 25.1 Å². The van der Waals surface area contributed by atoms with Crippen LogP contribution in [-0.2, 0) is 14.3 Å². The fourth-order valence-corrected chi connectivity index (χ4v) is 2.11. The Morgan fingerprint density at radius 2 is 2.00 bits per heavy atom. The van der Waals surface area contributed by atoms with Gasteiger partial charge in [-0.3, -0.25) is 9.59 Å². The molecule has 6 nitrogen and oxygen atoms in total. The number of halogens is 1. The first-order valence-corrected chi connectivity index (χ1v) is 7.05. The smallest absolute Gasteiger partial charge is 0.313 e. The SMILES string of the molecule is Cc1ccc(NC(=O)C(=O)NCC2(O)CCOCC2)cc1F. The van der Waals surface area contributed by atoms with Crippen LogP contribution in [0.25, 0.3) is 0 Å². The van der Waals surface area contributed by atoms with E-state index in [9.17, 15) is 19.1 Å². The van der Waals surface area contributed by atoms with Gasteiger partial charge < -0.3 is 20.5 Å². The molecule has 0 atom stereocenters. The number of aliphatic hydroxyl groups is 1. The molecule has 22 heavy (non-hydrogen) atoms. The van der Waals surface area contributed by atoms with Crippen molar-refractivity contribution < 1.29 is 23.8 Å². The molecule has 3 N–H and O–H groups in total. The van der Waals surface area contributed by atoms with Gasteiger partial charge in [0, 0.05) is 38.3 Å². The molecule has 1 aromatic carbocycles. The van der Waals surface area contributed by atoms with Crippen molar-refractivity contribution in [1.29, 1.82) is 0 Å². The molecule has 0 unspecified atom stereocenters. The Labute approximate surface area is 127 Å². The molecule has 0 radical (unpaired) electrons. The standard InChI is InChI=1S/C15H19FN2O4/c1-10-2-3-11(8-12(10)16)18-14(20)13(19)17-9-15(21)4-6-22-7-5-15/h2-3,8,21H,4-7,9H2,1H3,(H,17,19)(H,18,20). The number of hydrogen-bond acceptors (Lipinski definition) is 4. The molecule has 0 aromatic heterocycles. The highest BCUT2D eigenvalue weighted by atomic mass is 19.1. The second-order valence-corrected chi connectivity index (χ2v) is 5.44. The van der Waals surface area contributed by atoms with E-state index in [2.05, 4.69) is 10.6 Å². The second-order valence-electron chi connectivity index (χ2n) is 5.44. The summed E-state index contributed by atoms with van der Waals surface area (Å²) < 4.78 is 18.5. The minimum Gasteiger partial charge on any atom is -0.388 e. The summed E-state index contributed by atoms with van der Waals surface area (Å²) in [4.78, 5) is 23.5. The third-order valence-electron chi connectivity index (χ3n) is 3.64. The van der Waals surface area contributed by atoms with Crippen molar-refractivity contribution in [1.82, 2.24) is 5.32 Å². The number of anilines is 1. The van der Waals surface area contributed by atoms with Crippen molar-refractivity contribution in [3.05, 3.63) is 29.6 Å². The fraction of sp³-hybridized carbons (Fsp3) is 0.467. The zero-order valence-corrected chi connectivity index (χ0v) is 12.3. The monoisotopic (exact) mass is 310 g/mol. The Hall–Kier alpha value is -1.99. The van der Waals surface area contributed by atoms with E-state index < -0.39 is 23.2 Å². The summed E-state index contributed by atoms with van der Waals surface area (Å²) in [6.07, 6.45) is 0.802. The van der Waals surface area contributed by atoms with Gasteiger partial charge in [-0.1, -0.05) is 6.07 Å². The fourth-order valence-electron chi connectivity index (χ4n) is 2.11. The van der Waals surface area contributed by atoms with Crippen LogP contribution < -0.4 is 10.6 Å². The summed E-state index contributed by atoms with van der Waals surface area (Å²) in [5, 5.41) is 14.9. The highest BCUT2D eigenvalue weighted by molar-refractivity contribution is 6.39. The predicted octanol–water partition coefficient (Wildman–Crippen LogP) is 0.730. The lowest BCUT2D eigenvalue weighted by molar-refractivity contribution is -0.137. The highest BCUT2D eigenvalue weighted by Gasteiger charge is 2.30. The van der Waals surface area contributed by atoms with E-state index in [-0.39, 0.29) is 12.2 Å². The van der Waals surface area contributed by atoms with E-state index in [0.29, 0.717) is 31.6 Å². The summed E-state index contributed by atoms with van der Waals surface area (Å²) in [7, 11) is 0. The lowest BCUT2D eigenvalue weighted by atomic mass is 9.94. The van der Waals surface area contributed by atoms with Gasteiger partial charge in [0.05, 0.1) is 5.60 Å². The molecule has 1 aromatic rings. The average molecular weight is 310 g/mol. The van der Waals surface area contributed by atoms with Gasteiger partial charge in [0.25, 0.3) is 0 Å². The Kier molecular flexibility index (Phi) is 5.10. The molecule has 1 aliphatic rings. The molecule has 0 spiro atoms. The van der Waals surface area contributed by atoms with Crippen LogP contribution in [0.4, 0.5) is 10.1 Å². The second kappa shape index (κ2) is 6.85. The number of carbonyl (C=O) groups is 2. The van der Waals surface area contributed by atoms with Gasteiger partial charge in [0.15, 0.2) is 0 Å². The van der Waals surface area contributed by atoms with Crippen LogP contribution in [0.15, 0.2) is 18.2 Å². The molecule has 1 saturated heterocycles. The van der Waals surface area contributed by atoms with E-state index in [4.69, 9.17) is 4.74 Å². The van der Waals surface area contributed by atoms with Gasteiger partial charge in [0.1, 0.15) is 5.82 Å². The van der Waals surface area contributed by atoms with E-state index in [1.165, 1.54) is 12.1 Å². The number of nitrogens with one attached hydrogen (secondary N) is 2. The lowest BCUT2D eigenvalue weighted by Crippen LogP contribution is -2.48. The lowest BCUT2D eigenvalue weighted by Gasteiger charge is -2.31. The van der Waals surface area contributed by atoms with Gasteiger partial charge in [-0.15, -0.1) is 0 Å². The first-order valence-electron chi connectivity index (χ1n) is 7.05. The molecule has 2 rings (SSSR count). The molecule has 7 heteroatoms. The molecule has 0 saturated carbocycles. The Morgan fingerprint density at radius 1 is 1.32 bits per heavy atom. The number of carbonyl (C=O) groups excluding carboxylic acids is 2. The maximum atomic E-state index is 13.4. The summed E-state index contributed by atoms with van der Waals surface area (Å²) in [5.74, 6) is -2.24. The number of aryl methyl sites for hydroxylation is 1. The van der Waals surface area contributed by atoms with Crippen LogP contribution in [0.1, 0.15) is 18.4 Å². The average Bonchev–Trinajstić information content (AvgIpc) is 2.49. The molecule has 1 fully saturated rings. The number of rotatable bonds is 3. The van der Waals surface area contributed by atoms with Crippen molar-refractivity contribution in [2.45, 2.75) is 25.4 Å². The summed E-state index contributed by atoms with van der Waals surface area (Å²) >= 11 is 0. The van der Waals surface area contributed by atoms with Crippen LogP contribution in [0.2, 0.25) is 0 Å². The van der Waals surface area contributed by atoms with Gasteiger partial charge in [0.2, 0.25) is 0 Å². The summed E-state index contributed by atoms with van der Waals surface area (Å²) in [5.41, 5.74) is -0.401. The number of benzene rings is 1. The maximum Gasteiger partial charge on any atom is 0.313 e. The molecule has 0 aliphatic carbocycles. The van der Waals surface area contributed by atoms with Gasteiger partial charge in [-0.2, -0.15) is 0 Å². The predicted molar refractivity (Wildman–Crippen MR) is 77.8 cm³/mol. The summed E-state index contributed by atoms with van der Waals surface area (Å²) in [6.45, 7) is 2.41. The summed E-state index contributed by atoms with van der Waals surface area (Å²) in [6, 6.07) is 4.16. The van der Waals surface area contributed by atoms with Crippen LogP contribution in [0, 0.1) is 12.7 Å². The van der Waals surface area contributed by atoms with E-state index in [0.717, 1.165) is 6.07 Å². The first-order chi connectivity index (χ1) is 10.4. The molecule has 0 bridgehead atoms. The topological polar surface area (TPSA) is 87.7 Å².